The number of hydrogen-bond donors (Lipinski definition) is 2. The summed E-state index contributed by atoms with van der Waals surface area (Å²) in [5.41, 5.74) is 4.78. The molecule has 1 aromatic rings. The molecule has 0 unspecified atom stereocenters. The number of aromatic nitrogens is 2. The van der Waals surface area contributed by atoms with Crippen molar-refractivity contribution >= 4 is 12.4 Å². The minimum atomic E-state index is 0.146. The smallest absolute Gasteiger partial charge is 0.245 e. The monoisotopic (exact) mass is 277 g/mol. The minimum Gasteiger partial charge on any atom is -0.480 e. The molecule has 7 nitrogen and oxygen atoms in total. The Kier molecular flexibility index (Phi) is 7.50. The predicted molar refractivity (Wildman–Crippen MR) is 73.8 cm³/mol. The Balaban J connectivity index is 0.000000276. The van der Waals surface area contributed by atoms with Gasteiger partial charge in [-0.1, -0.05) is 38.5 Å². The molecule has 0 spiro atoms. The van der Waals surface area contributed by atoms with Crippen LogP contribution in [0.5, 0.6) is 5.88 Å². The van der Waals surface area contributed by atoms with E-state index < -0.39 is 0 Å². The maximum atomic E-state index is 9.94. The highest BCUT2D eigenvalue weighted by Gasteiger charge is 2.05. The second-order valence-electron chi connectivity index (χ2n) is 4.24. The van der Waals surface area contributed by atoms with E-state index in [-0.39, 0.29) is 17.4 Å². The van der Waals surface area contributed by atoms with Crippen LogP contribution in [-0.2, 0) is 4.79 Å². The highest BCUT2D eigenvalue weighted by Crippen LogP contribution is 2.15. The van der Waals surface area contributed by atoms with Crippen LogP contribution in [0.15, 0.2) is 6.20 Å². The van der Waals surface area contributed by atoms with Gasteiger partial charge in [-0.05, 0) is 0 Å². The van der Waals surface area contributed by atoms with E-state index >= 15 is 0 Å². The Hall–Kier alpha value is -2.36. The van der Waals surface area contributed by atoms with E-state index in [1.807, 2.05) is 6.07 Å². The summed E-state index contributed by atoms with van der Waals surface area (Å²) in [6.45, 7) is 0. The molecule has 1 aliphatic carbocycles. The molecule has 0 bridgehead atoms. The predicted octanol–water partition coefficient (Wildman–Crippen LogP) is 1.77. The zero-order valence-corrected chi connectivity index (χ0v) is 11.6. The molecule has 7 heteroatoms. The number of hydrogen-bond acceptors (Lipinski definition) is 6. The third-order valence-electron chi connectivity index (χ3n) is 2.81. The van der Waals surface area contributed by atoms with Gasteiger partial charge in [0.2, 0.25) is 18.2 Å². The highest BCUT2D eigenvalue weighted by molar-refractivity contribution is 5.50. The quantitative estimate of drug-likeness (QED) is 0.642. The van der Waals surface area contributed by atoms with Gasteiger partial charge in [0.1, 0.15) is 11.6 Å². The third-order valence-corrected chi connectivity index (χ3v) is 2.81. The van der Waals surface area contributed by atoms with Gasteiger partial charge in [-0.3, -0.25) is 15.6 Å². The number of nitriles is 1. The van der Waals surface area contributed by atoms with Crippen LogP contribution in [0.2, 0.25) is 0 Å². The van der Waals surface area contributed by atoms with Crippen molar-refractivity contribution in [1.82, 2.24) is 15.4 Å². The van der Waals surface area contributed by atoms with Crippen LogP contribution >= 0.6 is 0 Å². The van der Waals surface area contributed by atoms with Gasteiger partial charge in [-0.25, -0.2) is 4.98 Å². The molecule has 1 fully saturated rings. The standard InChI is InChI=1S/C7H7N5O2.C6H12/c1-14-6-5(2-8)3-9-7(11-6)12-10-4-13;1-2-4-6-5-3-1/h3-4H,1H3,(H,10,13)(H,9,11,12);1-6H2. The third kappa shape index (κ3) is 5.52. The molecule has 0 aromatic carbocycles. The Morgan fingerprint density at radius 1 is 1.30 bits per heavy atom. The molecule has 20 heavy (non-hydrogen) atoms. The van der Waals surface area contributed by atoms with Crippen LogP contribution in [0.1, 0.15) is 44.1 Å². The minimum absolute atomic E-state index is 0.146. The Bertz CT molecular complexity index is 443. The largest absolute Gasteiger partial charge is 0.480 e. The van der Waals surface area contributed by atoms with Crippen molar-refractivity contribution in [2.45, 2.75) is 38.5 Å². The van der Waals surface area contributed by atoms with Crippen molar-refractivity contribution in [3.8, 4) is 11.9 Å². The molecule has 0 atom stereocenters. The van der Waals surface area contributed by atoms with Crippen molar-refractivity contribution in [3.05, 3.63) is 11.8 Å². The van der Waals surface area contributed by atoms with Crippen molar-refractivity contribution in [2.24, 2.45) is 0 Å². The number of amides is 1. The van der Waals surface area contributed by atoms with Gasteiger partial charge in [0.05, 0.1) is 13.3 Å². The molecule has 0 saturated heterocycles. The zero-order chi connectivity index (χ0) is 14.6. The summed E-state index contributed by atoms with van der Waals surface area (Å²) in [6.07, 6.45) is 10.7. The van der Waals surface area contributed by atoms with Crippen LogP contribution in [0.25, 0.3) is 0 Å². The van der Waals surface area contributed by atoms with E-state index in [2.05, 4.69) is 20.8 Å². The summed E-state index contributed by atoms with van der Waals surface area (Å²) < 4.78 is 4.83. The van der Waals surface area contributed by atoms with Gasteiger partial charge >= 0.3 is 0 Å². The Labute approximate surface area is 118 Å². The summed E-state index contributed by atoms with van der Waals surface area (Å²) in [4.78, 5) is 17.5. The number of anilines is 1. The first-order valence-corrected chi connectivity index (χ1v) is 6.58. The van der Waals surface area contributed by atoms with Crippen LogP contribution in [0.4, 0.5) is 5.95 Å². The maximum Gasteiger partial charge on any atom is 0.245 e. The van der Waals surface area contributed by atoms with Gasteiger partial charge in [0, 0.05) is 0 Å². The Morgan fingerprint density at radius 2 is 1.90 bits per heavy atom. The second-order valence-corrected chi connectivity index (χ2v) is 4.24. The number of carbonyl (C=O) groups is 1. The number of methoxy groups -OCH3 is 1. The molecule has 0 radical (unpaired) electrons. The number of nitrogens with zero attached hydrogens (tertiary/aromatic N) is 3. The van der Waals surface area contributed by atoms with Crippen molar-refractivity contribution in [1.29, 1.82) is 5.26 Å². The fourth-order valence-electron chi connectivity index (χ4n) is 1.81. The normalized spacial score (nSPS) is 13.2. The van der Waals surface area contributed by atoms with Crippen LogP contribution < -0.4 is 15.6 Å². The fourth-order valence-corrected chi connectivity index (χ4v) is 1.81. The first-order chi connectivity index (χ1) is 9.81. The average Bonchev–Trinajstić information content (AvgIpc) is 2.54. The first kappa shape index (κ1) is 15.7. The first-order valence-electron chi connectivity index (χ1n) is 6.58. The van der Waals surface area contributed by atoms with Gasteiger partial charge in [0.15, 0.2) is 0 Å². The molecule has 2 N–H and O–H groups in total. The summed E-state index contributed by atoms with van der Waals surface area (Å²) in [5, 5.41) is 8.61. The van der Waals surface area contributed by atoms with E-state index in [4.69, 9.17) is 10.00 Å². The molecular weight excluding hydrogens is 258 g/mol. The molecule has 1 aliphatic rings. The lowest BCUT2D eigenvalue weighted by atomic mass is 10.0. The van der Waals surface area contributed by atoms with E-state index in [1.54, 1.807) is 0 Å². The molecule has 1 saturated carbocycles. The highest BCUT2D eigenvalue weighted by atomic mass is 16.5. The SMILES string of the molecule is C1CCCCC1.COc1nc(NNC=O)ncc1C#N. The zero-order valence-electron chi connectivity index (χ0n) is 11.6. The lowest BCUT2D eigenvalue weighted by molar-refractivity contribution is -0.109. The molecule has 2 rings (SSSR count). The van der Waals surface area contributed by atoms with Crippen molar-refractivity contribution in [2.75, 3.05) is 12.5 Å². The molecule has 1 amide bonds. The lowest BCUT2D eigenvalue weighted by Crippen LogP contribution is -2.21. The molecule has 108 valence electrons. The van der Waals surface area contributed by atoms with Crippen LogP contribution in [0.3, 0.4) is 0 Å². The number of carbonyl (C=O) groups excluding carboxylic acids is 1. The summed E-state index contributed by atoms with van der Waals surface area (Å²) in [6, 6.07) is 1.86. The number of hydrazine groups is 1. The van der Waals surface area contributed by atoms with E-state index in [0.29, 0.717) is 6.41 Å². The van der Waals surface area contributed by atoms with Crippen LogP contribution in [0, 0.1) is 11.3 Å². The van der Waals surface area contributed by atoms with Crippen molar-refractivity contribution < 1.29 is 9.53 Å². The maximum absolute atomic E-state index is 9.94. The van der Waals surface area contributed by atoms with Crippen molar-refractivity contribution in [3.63, 3.8) is 0 Å². The number of rotatable bonds is 4. The van der Waals surface area contributed by atoms with Crippen LogP contribution in [-0.4, -0.2) is 23.5 Å². The topological polar surface area (TPSA) is 99.9 Å². The van der Waals surface area contributed by atoms with Gasteiger partial charge < -0.3 is 4.74 Å². The summed E-state index contributed by atoms with van der Waals surface area (Å²) in [5.74, 6) is 0.297. The lowest BCUT2D eigenvalue weighted by Gasteiger charge is -2.05. The second kappa shape index (κ2) is 9.55. The summed E-state index contributed by atoms with van der Waals surface area (Å²) in [7, 11) is 1.39. The number of nitrogens with one attached hydrogen (secondary N) is 2. The number of ether oxygens (including phenoxy) is 1. The van der Waals surface area contributed by atoms with E-state index in [9.17, 15) is 4.79 Å². The molecule has 0 aliphatic heterocycles. The molecule has 1 heterocycles. The average molecular weight is 277 g/mol. The Morgan fingerprint density at radius 3 is 2.35 bits per heavy atom. The van der Waals surface area contributed by atoms with Gasteiger partial charge in [-0.15, -0.1) is 0 Å². The molecule has 1 aromatic heterocycles. The van der Waals surface area contributed by atoms with Gasteiger partial charge in [-0.2, -0.15) is 10.2 Å². The fraction of sp³-hybridized carbons (Fsp3) is 0.538. The van der Waals surface area contributed by atoms with E-state index in [1.165, 1.54) is 51.8 Å². The summed E-state index contributed by atoms with van der Waals surface area (Å²) >= 11 is 0. The molecular formula is C13H19N5O2. The van der Waals surface area contributed by atoms with E-state index in [0.717, 1.165) is 0 Å². The van der Waals surface area contributed by atoms with Gasteiger partial charge in [0.25, 0.3) is 0 Å².